The Labute approximate surface area is 173 Å². The highest BCUT2D eigenvalue weighted by Crippen LogP contribution is 2.28. The van der Waals surface area contributed by atoms with Gasteiger partial charge in [-0.2, -0.15) is 0 Å². The number of rotatable bonds is 8. The number of aliphatic hydroxyl groups excluding tert-OH is 1. The third-order valence-corrected chi connectivity index (χ3v) is 5.59. The van der Waals surface area contributed by atoms with Gasteiger partial charge in [-0.3, -0.25) is 4.98 Å². The highest BCUT2D eigenvalue weighted by Gasteiger charge is 2.28. The lowest BCUT2D eigenvalue weighted by molar-refractivity contribution is -0.1000. The fourth-order valence-corrected chi connectivity index (χ4v) is 3.73. The zero-order valence-corrected chi connectivity index (χ0v) is 17.8. The molecule has 0 spiro atoms. The second-order valence-corrected chi connectivity index (χ2v) is 7.90. The van der Waals surface area contributed by atoms with E-state index in [4.69, 9.17) is 14.6 Å². The molecule has 3 heterocycles. The molecule has 3 rings (SSSR count). The van der Waals surface area contributed by atoms with E-state index >= 15 is 0 Å². The second-order valence-electron chi connectivity index (χ2n) is 7.90. The number of pyridine rings is 1. The van der Waals surface area contributed by atoms with E-state index in [0.717, 1.165) is 43.8 Å². The van der Waals surface area contributed by atoms with Gasteiger partial charge < -0.3 is 19.6 Å². The van der Waals surface area contributed by atoms with Gasteiger partial charge in [-0.15, -0.1) is 6.58 Å². The summed E-state index contributed by atoms with van der Waals surface area (Å²) in [5.41, 5.74) is 5.73. The third-order valence-electron chi connectivity index (χ3n) is 5.59. The molecule has 0 bridgehead atoms. The van der Waals surface area contributed by atoms with Crippen molar-refractivity contribution in [2.75, 3.05) is 24.6 Å². The molecule has 6 heteroatoms. The van der Waals surface area contributed by atoms with Gasteiger partial charge in [0.05, 0.1) is 29.8 Å². The Kier molecular flexibility index (Phi) is 7.45. The number of nitrogens with zero attached hydrogens (tertiary/aromatic N) is 3. The van der Waals surface area contributed by atoms with Crippen LogP contribution in [0.3, 0.4) is 0 Å². The zero-order valence-electron chi connectivity index (χ0n) is 17.8. The van der Waals surface area contributed by atoms with E-state index < -0.39 is 6.10 Å². The topological polar surface area (TPSA) is 67.2 Å². The van der Waals surface area contributed by atoms with Crippen molar-refractivity contribution in [1.29, 1.82) is 0 Å². The highest BCUT2D eigenvalue weighted by molar-refractivity contribution is 5.82. The molecule has 2 aliphatic heterocycles. The number of aromatic nitrogens is 1. The predicted molar refractivity (Wildman–Crippen MR) is 117 cm³/mol. The summed E-state index contributed by atoms with van der Waals surface area (Å²) < 4.78 is 5.82. The number of hydrogen-bond acceptors (Lipinski definition) is 6. The minimum absolute atomic E-state index is 0.0607. The lowest BCUT2D eigenvalue weighted by atomic mass is 10.0. The van der Waals surface area contributed by atoms with E-state index in [1.165, 1.54) is 16.9 Å². The van der Waals surface area contributed by atoms with Crippen LogP contribution in [0, 0.1) is 13.8 Å². The molecule has 0 radical (unpaired) electrons. The summed E-state index contributed by atoms with van der Waals surface area (Å²) >= 11 is 0. The summed E-state index contributed by atoms with van der Waals surface area (Å²) in [5, 5.41) is 13.9. The maximum atomic E-state index is 9.60. The lowest BCUT2D eigenvalue weighted by Crippen LogP contribution is -2.38. The molecule has 0 amide bonds. The number of fused-ring (bicyclic) bond motifs is 1. The van der Waals surface area contributed by atoms with E-state index in [1.807, 2.05) is 25.2 Å². The van der Waals surface area contributed by atoms with Gasteiger partial charge in [0.25, 0.3) is 0 Å². The van der Waals surface area contributed by atoms with Gasteiger partial charge in [0.15, 0.2) is 6.10 Å². The van der Waals surface area contributed by atoms with Gasteiger partial charge in [-0.05, 0) is 57.7 Å². The first-order valence-corrected chi connectivity index (χ1v) is 10.5. The SMILES string of the molecule is C=CC[C@@H]1C=C[C@H](ON=C(C)CCN2CCCc3nc(C)c(C)cc32)[C@@H](CO)O1. The van der Waals surface area contributed by atoms with Crippen molar-refractivity contribution in [2.45, 2.75) is 64.8 Å². The number of oxime groups is 1. The summed E-state index contributed by atoms with van der Waals surface area (Å²) in [4.78, 5) is 12.9. The summed E-state index contributed by atoms with van der Waals surface area (Å²) in [7, 11) is 0. The van der Waals surface area contributed by atoms with E-state index in [2.05, 4.69) is 36.5 Å². The number of aryl methyl sites for hydroxylation is 3. The summed E-state index contributed by atoms with van der Waals surface area (Å²) in [6.45, 7) is 11.7. The van der Waals surface area contributed by atoms with Crippen molar-refractivity contribution in [3.8, 4) is 0 Å². The van der Waals surface area contributed by atoms with Gasteiger partial charge in [0.2, 0.25) is 0 Å². The molecule has 0 saturated carbocycles. The molecule has 0 aromatic carbocycles. The van der Waals surface area contributed by atoms with E-state index in [-0.39, 0.29) is 18.8 Å². The molecule has 158 valence electrons. The van der Waals surface area contributed by atoms with Crippen LogP contribution in [-0.2, 0) is 16.0 Å². The Balaban J connectivity index is 1.57. The molecular formula is C23H33N3O3. The Morgan fingerprint density at radius 2 is 2.28 bits per heavy atom. The largest absolute Gasteiger partial charge is 0.394 e. The molecule has 1 aromatic rings. The number of ether oxygens (including phenoxy) is 1. The molecule has 0 saturated heterocycles. The molecule has 29 heavy (non-hydrogen) atoms. The van der Waals surface area contributed by atoms with Crippen LogP contribution < -0.4 is 4.90 Å². The van der Waals surface area contributed by atoms with Crippen LogP contribution in [0.4, 0.5) is 5.69 Å². The van der Waals surface area contributed by atoms with E-state index in [0.29, 0.717) is 6.42 Å². The van der Waals surface area contributed by atoms with Crippen molar-refractivity contribution >= 4 is 11.4 Å². The van der Waals surface area contributed by atoms with Crippen LogP contribution in [0.5, 0.6) is 0 Å². The molecule has 0 fully saturated rings. The fraction of sp³-hybridized carbons (Fsp3) is 0.565. The first-order chi connectivity index (χ1) is 14.0. The van der Waals surface area contributed by atoms with Crippen LogP contribution in [0.1, 0.15) is 43.1 Å². The minimum Gasteiger partial charge on any atom is -0.394 e. The van der Waals surface area contributed by atoms with Crippen molar-refractivity contribution in [1.82, 2.24) is 4.98 Å². The molecule has 1 aromatic heterocycles. The van der Waals surface area contributed by atoms with Crippen LogP contribution in [0.15, 0.2) is 36.0 Å². The smallest absolute Gasteiger partial charge is 0.174 e. The normalized spacial score (nSPS) is 24.3. The standard InChI is InChI=1S/C23H33N3O3/c1-5-7-19-9-10-22(23(15-27)28-19)29-25-17(3)11-13-26-12-6-8-20-21(26)14-16(2)18(4)24-20/h5,9-10,14,19,22-23,27H,1,6-8,11-13,15H2,2-4H3/t19-,22+,23-/m1/s1. The molecule has 2 aliphatic rings. The molecular weight excluding hydrogens is 366 g/mol. The van der Waals surface area contributed by atoms with Gasteiger partial charge in [0.1, 0.15) is 6.10 Å². The van der Waals surface area contributed by atoms with E-state index in [9.17, 15) is 5.11 Å². The average molecular weight is 400 g/mol. The average Bonchev–Trinajstić information content (AvgIpc) is 2.72. The Hall–Kier alpha value is -2.18. The summed E-state index contributed by atoms with van der Waals surface area (Å²) in [6.07, 6.45) is 8.54. The van der Waals surface area contributed by atoms with Gasteiger partial charge >= 0.3 is 0 Å². The van der Waals surface area contributed by atoms with Crippen molar-refractivity contribution < 1.29 is 14.7 Å². The number of hydrogen-bond donors (Lipinski definition) is 1. The zero-order chi connectivity index (χ0) is 20.8. The molecule has 1 N–H and O–H groups in total. The van der Waals surface area contributed by atoms with Crippen LogP contribution >= 0.6 is 0 Å². The molecule has 0 aliphatic carbocycles. The monoisotopic (exact) mass is 399 g/mol. The predicted octanol–water partition coefficient (Wildman–Crippen LogP) is 3.49. The van der Waals surface area contributed by atoms with Crippen molar-refractivity contribution in [2.24, 2.45) is 5.16 Å². The Bertz CT molecular complexity index is 775. The third kappa shape index (κ3) is 5.46. The highest BCUT2D eigenvalue weighted by atomic mass is 16.7. The first-order valence-electron chi connectivity index (χ1n) is 10.5. The Morgan fingerprint density at radius 3 is 3.03 bits per heavy atom. The fourth-order valence-electron chi connectivity index (χ4n) is 3.73. The van der Waals surface area contributed by atoms with Gasteiger partial charge in [0, 0.05) is 25.2 Å². The van der Waals surface area contributed by atoms with Gasteiger partial charge in [-0.1, -0.05) is 17.3 Å². The van der Waals surface area contributed by atoms with Crippen LogP contribution in [0.25, 0.3) is 0 Å². The maximum absolute atomic E-state index is 9.60. The molecule has 3 atom stereocenters. The molecule has 6 nitrogen and oxygen atoms in total. The quantitative estimate of drug-likeness (QED) is 0.412. The summed E-state index contributed by atoms with van der Waals surface area (Å²) in [6, 6.07) is 2.26. The number of aliphatic hydroxyl groups is 1. The van der Waals surface area contributed by atoms with Crippen molar-refractivity contribution in [3.63, 3.8) is 0 Å². The first kappa shape index (κ1) is 21.5. The number of anilines is 1. The Morgan fingerprint density at radius 1 is 1.45 bits per heavy atom. The molecule has 0 unspecified atom stereocenters. The minimum atomic E-state index is -0.409. The summed E-state index contributed by atoms with van der Waals surface area (Å²) in [5.74, 6) is 0. The maximum Gasteiger partial charge on any atom is 0.174 e. The van der Waals surface area contributed by atoms with Gasteiger partial charge in [-0.25, -0.2) is 0 Å². The van der Waals surface area contributed by atoms with Crippen molar-refractivity contribution in [3.05, 3.63) is 47.8 Å². The lowest BCUT2D eigenvalue weighted by Gasteiger charge is -2.31. The van der Waals surface area contributed by atoms with Crippen LogP contribution in [0.2, 0.25) is 0 Å². The van der Waals surface area contributed by atoms with E-state index in [1.54, 1.807) is 0 Å². The second kappa shape index (κ2) is 10.0. The van der Waals surface area contributed by atoms with Crippen LogP contribution in [-0.4, -0.2) is 53.8 Å².